The Morgan fingerprint density at radius 1 is 1.04 bits per heavy atom. The molecule has 6 nitrogen and oxygen atoms in total. The molecule has 0 radical (unpaired) electrons. The van der Waals surface area contributed by atoms with Gasteiger partial charge >= 0.3 is 0 Å². The lowest BCUT2D eigenvalue weighted by Gasteiger charge is -2.18. The minimum Gasteiger partial charge on any atom is -0.504 e. The van der Waals surface area contributed by atoms with Gasteiger partial charge in [-0.1, -0.05) is 24.3 Å². The summed E-state index contributed by atoms with van der Waals surface area (Å²) in [6.07, 6.45) is -1.53. The van der Waals surface area contributed by atoms with Gasteiger partial charge in [0.15, 0.2) is 34.6 Å². The Kier molecular flexibility index (Phi) is 2.62. The molecule has 126 valence electrons. The molecule has 2 aromatic carbocycles. The Balaban J connectivity index is 1.82. The molecule has 1 fully saturated rings. The molecule has 6 heteroatoms. The predicted octanol–water partition coefficient (Wildman–Crippen LogP) is 2.51. The summed E-state index contributed by atoms with van der Waals surface area (Å²) in [6.45, 7) is 3.45. The summed E-state index contributed by atoms with van der Waals surface area (Å²) in [5.41, 5.74) is 1.31. The van der Waals surface area contributed by atoms with E-state index in [0.717, 1.165) is 0 Å². The van der Waals surface area contributed by atoms with E-state index in [-0.39, 0.29) is 28.4 Å². The number of carbonyl (C=O) groups is 1. The van der Waals surface area contributed by atoms with Crippen molar-refractivity contribution in [3.05, 3.63) is 57.2 Å². The highest BCUT2D eigenvalue weighted by molar-refractivity contribution is 6.22. The molecule has 0 spiro atoms. The Morgan fingerprint density at radius 3 is 2.52 bits per heavy atom. The molecule has 5 rings (SSSR count). The molecule has 0 aromatic heterocycles. The van der Waals surface area contributed by atoms with Crippen LogP contribution in [-0.4, -0.2) is 23.0 Å². The van der Waals surface area contributed by atoms with Crippen molar-refractivity contribution in [3.8, 4) is 22.6 Å². The monoisotopic (exact) mass is 338 g/mol. The van der Waals surface area contributed by atoms with Crippen molar-refractivity contribution in [2.24, 2.45) is 0 Å². The van der Waals surface area contributed by atoms with E-state index in [2.05, 4.69) is 0 Å². The van der Waals surface area contributed by atoms with Crippen LogP contribution in [0.2, 0.25) is 0 Å². The number of aromatic hydroxyl groups is 1. The molecule has 2 atom stereocenters. The van der Waals surface area contributed by atoms with Gasteiger partial charge in [0.05, 0.1) is 5.56 Å². The van der Waals surface area contributed by atoms with Gasteiger partial charge in [0.25, 0.3) is 0 Å². The first kappa shape index (κ1) is 14.6. The van der Waals surface area contributed by atoms with Crippen LogP contribution in [0, 0.1) is 0 Å². The van der Waals surface area contributed by atoms with E-state index in [9.17, 15) is 14.7 Å². The molecule has 1 saturated heterocycles. The molecule has 2 aromatic rings. The summed E-state index contributed by atoms with van der Waals surface area (Å²) in [4.78, 5) is 25.4. The highest BCUT2D eigenvalue weighted by Crippen LogP contribution is 2.53. The number of carbonyl (C=O) groups excluding carboxylic acids is 1. The van der Waals surface area contributed by atoms with E-state index in [1.807, 2.05) is 0 Å². The van der Waals surface area contributed by atoms with Crippen molar-refractivity contribution in [2.45, 2.75) is 32.0 Å². The third-order valence-electron chi connectivity index (χ3n) is 4.77. The van der Waals surface area contributed by atoms with Gasteiger partial charge in [-0.05, 0) is 25.5 Å². The Labute approximate surface area is 142 Å². The van der Waals surface area contributed by atoms with E-state index in [1.165, 1.54) is 6.07 Å². The number of benzene rings is 1. The number of ether oxygens (including phenoxy) is 3. The zero-order valence-electron chi connectivity index (χ0n) is 13.5. The van der Waals surface area contributed by atoms with Crippen molar-refractivity contribution < 1.29 is 24.1 Å². The molecule has 0 unspecified atom stereocenters. The molecule has 2 aliphatic heterocycles. The molecular formula is C19H14O6. The van der Waals surface area contributed by atoms with Crippen molar-refractivity contribution >= 4 is 5.78 Å². The maximum absolute atomic E-state index is 12.8. The first-order valence-electron chi connectivity index (χ1n) is 7.98. The van der Waals surface area contributed by atoms with Crippen LogP contribution in [0.1, 0.15) is 41.4 Å². The first-order valence-corrected chi connectivity index (χ1v) is 7.98. The van der Waals surface area contributed by atoms with Gasteiger partial charge in [-0.3, -0.25) is 9.59 Å². The number of ketones is 1. The molecule has 0 amide bonds. The van der Waals surface area contributed by atoms with Gasteiger partial charge in [0.2, 0.25) is 6.29 Å². The molecule has 3 aliphatic rings. The van der Waals surface area contributed by atoms with Gasteiger partial charge < -0.3 is 19.3 Å². The fraction of sp³-hybridized carbons (Fsp3) is 0.263. The number of fused-ring (bicyclic) bond motifs is 6. The zero-order chi connectivity index (χ0) is 17.5. The predicted molar refractivity (Wildman–Crippen MR) is 86.7 cm³/mol. The average molecular weight is 338 g/mol. The van der Waals surface area contributed by atoms with Crippen molar-refractivity contribution in [2.75, 3.05) is 0 Å². The maximum Gasteiger partial charge on any atom is 0.233 e. The molecule has 1 N–H and O–H groups in total. The lowest BCUT2D eigenvalue weighted by Crippen LogP contribution is -2.23. The van der Waals surface area contributed by atoms with Gasteiger partial charge in [0, 0.05) is 16.7 Å². The third kappa shape index (κ3) is 1.80. The number of hydrogen-bond donors (Lipinski definition) is 1. The second-order valence-electron chi connectivity index (χ2n) is 6.81. The summed E-state index contributed by atoms with van der Waals surface area (Å²) in [7, 11) is 0. The highest BCUT2D eigenvalue weighted by atomic mass is 16.8. The number of hydrogen-bond acceptors (Lipinski definition) is 6. The Morgan fingerprint density at radius 2 is 1.76 bits per heavy atom. The van der Waals surface area contributed by atoms with Gasteiger partial charge in [-0.25, -0.2) is 0 Å². The zero-order valence-corrected chi connectivity index (χ0v) is 13.5. The van der Waals surface area contributed by atoms with Crippen molar-refractivity contribution in [1.82, 2.24) is 0 Å². The van der Waals surface area contributed by atoms with Crippen LogP contribution in [0.4, 0.5) is 0 Å². The second-order valence-corrected chi connectivity index (χ2v) is 6.81. The Hall–Kier alpha value is -2.70. The summed E-state index contributed by atoms with van der Waals surface area (Å²) >= 11 is 0. The van der Waals surface area contributed by atoms with E-state index < -0.39 is 23.6 Å². The largest absolute Gasteiger partial charge is 0.504 e. The minimum atomic E-state index is -0.894. The van der Waals surface area contributed by atoms with Crippen molar-refractivity contribution in [3.63, 3.8) is 0 Å². The summed E-state index contributed by atoms with van der Waals surface area (Å²) in [5, 5.41) is 10.8. The minimum absolute atomic E-state index is 0.0289. The van der Waals surface area contributed by atoms with Crippen LogP contribution >= 0.6 is 0 Å². The fourth-order valence-electron chi connectivity index (χ4n) is 3.77. The van der Waals surface area contributed by atoms with Crippen LogP contribution in [0.15, 0.2) is 35.1 Å². The molecule has 25 heavy (non-hydrogen) atoms. The fourth-order valence-corrected chi connectivity index (χ4v) is 3.77. The smallest absolute Gasteiger partial charge is 0.233 e. The molecule has 2 heterocycles. The quantitative estimate of drug-likeness (QED) is 0.678. The SMILES string of the molecule is CC1(C)O[C@@H]2Oc3c(O)c4c(cc(=O)c3[C@@H]2O1)C(=O)c1ccccc1-4. The summed E-state index contributed by atoms with van der Waals surface area (Å²) in [5.74, 6) is -1.38. The third-order valence-corrected chi connectivity index (χ3v) is 4.77. The van der Waals surface area contributed by atoms with Gasteiger partial charge in [-0.15, -0.1) is 0 Å². The van der Waals surface area contributed by atoms with Crippen molar-refractivity contribution in [1.29, 1.82) is 0 Å². The van der Waals surface area contributed by atoms with E-state index in [0.29, 0.717) is 16.7 Å². The van der Waals surface area contributed by atoms with E-state index >= 15 is 0 Å². The molecular weight excluding hydrogens is 324 g/mol. The van der Waals surface area contributed by atoms with E-state index in [4.69, 9.17) is 14.2 Å². The maximum atomic E-state index is 12.8. The van der Waals surface area contributed by atoms with Crippen LogP contribution in [0.5, 0.6) is 11.5 Å². The Bertz CT molecular complexity index is 1020. The average Bonchev–Trinajstić information content (AvgIpc) is 3.11. The van der Waals surface area contributed by atoms with Crippen LogP contribution < -0.4 is 10.2 Å². The van der Waals surface area contributed by atoms with Gasteiger partial charge in [-0.2, -0.15) is 0 Å². The second kappa shape index (κ2) is 4.47. The van der Waals surface area contributed by atoms with Gasteiger partial charge in [0.1, 0.15) is 0 Å². The summed E-state index contributed by atoms with van der Waals surface area (Å²) in [6, 6.07) is 8.19. The highest BCUT2D eigenvalue weighted by Gasteiger charge is 2.51. The molecule has 1 aliphatic carbocycles. The van der Waals surface area contributed by atoms with Crippen LogP contribution in [0.3, 0.4) is 0 Å². The normalized spacial score (nSPS) is 24.3. The first-order chi connectivity index (χ1) is 11.9. The summed E-state index contributed by atoms with van der Waals surface area (Å²) < 4.78 is 17.1. The van der Waals surface area contributed by atoms with E-state index in [1.54, 1.807) is 38.1 Å². The molecule has 0 bridgehead atoms. The van der Waals surface area contributed by atoms with Crippen LogP contribution in [0.25, 0.3) is 11.1 Å². The number of rotatable bonds is 0. The van der Waals surface area contributed by atoms with Crippen LogP contribution in [-0.2, 0) is 9.47 Å². The lowest BCUT2D eigenvalue weighted by molar-refractivity contribution is -0.171. The topological polar surface area (TPSA) is 82.1 Å². The standard InChI is InChI=1S/C19H14O6/c1-19(2)24-17-13-11(20)7-10-12(15(22)16(13)23-18(17)25-19)8-5-3-4-6-9(8)14(10)21/h3-7,17-18,22H,1-2H3/t17-,18-/m0/s1. The lowest BCUT2D eigenvalue weighted by atomic mass is 10.1. The molecule has 0 saturated carbocycles.